The Morgan fingerprint density at radius 1 is 1.31 bits per heavy atom. The Morgan fingerprint density at radius 2 is 2.08 bits per heavy atom. The van der Waals surface area contributed by atoms with Crippen LogP contribution in [-0.2, 0) is 16.0 Å². The zero-order valence-electron chi connectivity index (χ0n) is 14.9. The van der Waals surface area contributed by atoms with Gasteiger partial charge in [-0.25, -0.2) is 0 Å². The Morgan fingerprint density at radius 3 is 2.69 bits per heavy atom. The van der Waals surface area contributed by atoms with E-state index in [1.54, 1.807) is 7.11 Å². The lowest BCUT2D eigenvalue weighted by molar-refractivity contribution is -0.114. The normalized spacial score (nSPS) is 16.3. The third kappa shape index (κ3) is 4.77. The van der Waals surface area contributed by atoms with Gasteiger partial charge in [0.25, 0.3) is 0 Å². The second kappa shape index (κ2) is 8.56. The first-order valence-corrected chi connectivity index (χ1v) is 9.32. The summed E-state index contributed by atoms with van der Waals surface area (Å²) in [4.78, 5) is 11.6. The van der Waals surface area contributed by atoms with Gasteiger partial charge in [-0.2, -0.15) is 0 Å². The summed E-state index contributed by atoms with van der Waals surface area (Å²) in [5.74, 6) is 1.42. The summed E-state index contributed by atoms with van der Waals surface area (Å²) in [7, 11) is 1.65. The summed E-state index contributed by atoms with van der Waals surface area (Å²) in [5, 5.41) is 2.91. The monoisotopic (exact) mass is 419 g/mol. The van der Waals surface area contributed by atoms with Gasteiger partial charge in [-0.3, -0.25) is 4.79 Å². The predicted octanol–water partition coefficient (Wildman–Crippen LogP) is 4.17. The molecular weight excluding hydrogens is 398 g/mol. The first-order valence-electron chi connectivity index (χ1n) is 8.52. The molecule has 1 N–H and O–H groups in total. The Labute approximate surface area is 161 Å². The van der Waals surface area contributed by atoms with Crippen molar-refractivity contribution < 1.29 is 19.0 Å². The number of nitrogens with one attached hydrogen (secondary N) is 1. The van der Waals surface area contributed by atoms with Crippen molar-refractivity contribution in [3.05, 3.63) is 52.0 Å². The van der Waals surface area contributed by atoms with Gasteiger partial charge in [0.15, 0.2) is 0 Å². The second-order valence-electron chi connectivity index (χ2n) is 6.25. The van der Waals surface area contributed by atoms with Gasteiger partial charge >= 0.3 is 0 Å². The molecule has 0 radical (unpaired) electrons. The summed E-state index contributed by atoms with van der Waals surface area (Å²) < 4.78 is 17.5. The van der Waals surface area contributed by atoms with E-state index in [0.717, 1.165) is 40.1 Å². The number of benzene rings is 2. The third-order valence-corrected chi connectivity index (χ3v) is 4.82. The van der Waals surface area contributed by atoms with Crippen molar-refractivity contribution in [1.82, 2.24) is 0 Å². The van der Waals surface area contributed by atoms with E-state index < -0.39 is 0 Å². The van der Waals surface area contributed by atoms with Gasteiger partial charge < -0.3 is 19.5 Å². The van der Waals surface area contributed by atoms with Gasteiger partial charge in [0.05, 0.1) is 24.8 Å². The molecule has 1 aliphatic rings. The molecule has 0 spiro atoms. The summed E-state index contributed by atoms with van der Waals surface area (Å²) >= 11 is 3.59. The highest BCUT2D eigenvalue weighted by Crippen LogP contribution is 2.34. The third-order valence-electron chi connectivity index (χ3n) is 4.20. The lowest BCUT2D eigenvalue weighted by Crippen LogP contribution is -2.16. The maximum absolute atomic E-state index is 11.6. The topological polar surface area (TPSA) is 56.8 Å². The largest absolute Gasteiger partial charge is 0.497 e. The van der Waals surface area contributed by atoms with Crippen molar-refractivity contribution in [3.8, 4) is 11.5 Å². The van der Waals surface area contributed by atoms with Gasteiger partial charge in [0.1, 0.15) is 17.6 Å². The highest BCUT2D eigenvalue weighted by atomic mass is 79.9. The van der Waals surface area contributed by atoms with Gasteiger partial charge in [-0.05, 0) is 51.7 Å². The van der Waals surface area contributed by atoms with Crippen molar-refractivity contribution in [1.29, 1.82) is 0 Å². The van der Waals surface area contributed by atoms with Gasteiger partial charge in [0, 0.05) is 25.1 Å². The number of hydrogen-bond donors (Lipinski definition) is 1. The second-order valence-corrected chi connectivity index (χ2v) is 7.10. The summed E-state index contributed by atoms with van der Waals surface area (Å²) in [6, 6.07) is 11.8. The first kappa shape index (κ1) is 18.7. The molecule has 2 aromatic carbocycles. The number of carbonyl (C=O) groups is 1. The highest BCUT2D eigenvalue weighted by molar-refractivity contribution is 9.10. The molecule has 3 rings (SSSR count). The molecule has 1 fully saturated rings. The van der Waals surface area contributed by atoms with Crippen molar-refractivity contribution in [2.45, 2.75) is 25.9 Å². The molecule has 138 valence electrons. The summed E-state index contributed by atoms with van der Waals surface area (Å²) in [6.45, 7) is 2.82. The Balaban J connectivity index is 1.86. The number of ether oxygens (including phenoxy) is 3. The van der Waals surface area contributed by atoms with Crippen LogP contribution in [0, 0.1) is 0 Å². The molecule has 1 atom stereocenters. The van der Waals surface area contributed by atoms with Crippen molar-refractivity contribution in [2.24, 2.45) is 0 Å². The van der Waals surface area contributed by atoms with E-state index in [2.05, 4.69) is 21.2 Å². The molecule has 0 aromatic heterocycles. The van der Waals surface area contributed by atoms with Gasteiger partial charge in [-0.1, -0.05) is 12.1 Å². The van der Waals surface area contributed by atoms with E-state index in [4.69, 9.17) is 14.2 Å². The minimum absolute atomic E-state index is 0.0453. The van der Waals surface area contributed by atoms with E-state index in [0.29, 0.717) is 18.8 Å². The maximum atomic E-state index is 11.6. The molecule has 5 nitrogen and oxygen atoms in total. The van der Waals surface area contributed by atoms with Crippen molar-refractivity contribution in [3.63, 3.8) is 0 Å². The van der Waals surface area contributed by atoms with Crippen LogP contribution in [0.25, 0.3) is 0 Å². The van der Waals surface area contributed by atoms with Crippen LogP contribution in [0.5, 0.6) is 11.5 Å². The molecule has 0 saturated carbocycles. The molecule has 26 heavy (non-hydrogen) atoms. The number of rotatable bonds is 6. The summed E-state index contributed by atoms with van der Waals surface area (Å²) in [5.41, 5.74) is 2.89. The minimum Gasteiger partial charge on any atom is -0.497 e. The first-order chi connectivity index (χ1) is 12.5. The SMILES string of the molecule is COc1ccc(Cc2cc(Br)c(O[C@@H]3CCOC3)cc2NC(C)=O)cc1. The number of carbonyl (C=O) groups excluding carboxylic acids is 1. The molecule has 2 aromatic rings. The van der Waals surface area contributed by atoms with Crippen LogP contribution >= 0.6 is 15.9 Å². The smallest absolute Gasteiger partial charge is 0.221 e. The zero-order chi connectivity index (χ0) is 18.5. The Bertz CT molecular complexity index is 770. The molecule has 1 amide bonds. The van der Waals surface area contributed by atoms with Crippen LogP contribution in [-0.4, -0.2) is 32.3 Å². The van der Waals surface area contributed by atoms with Crippen LogP contribution in [0.2, 0.25) is 0 Å². The Kier molecular flexibility index (Phi) is 6.16. The number of methoxy groups -OCH3 is 1. The molecule has 1 saturated heterocycles. The molecule has 0 unspecified atom stereocenters. The quantitative estimate of drug-likeness (QED) is 0.762. The van der Waals surface area contributed by atoms with E-state index >= 15 is 0 Å². The summed E-state index contributed by atoms with van der Waals surface area (Å²) in [6.07, 6.45) is 1.60. The van der Waals surface area contributed by atoms with Crippen LogP contribution < -0.4 is 14.8 Å². The average molecular weight is 420 g/mol. The maximum Gasteiger partial charge on any atom is 0.221 e. The number of halogens is 1. The molecule has 0 bridgehead atoms. The lowest BCUT2D eigenvalue weighted by atomic mass is 10.0. The number of anilines is 1. The van der Waals surface area contributed by atoms with E-state index in [1.165, 1.54) is 6.92 Å². The lowest BCUT2D eigenvalue weighted by Gasteiger charge is -2.18. The van der Waals surface area contributed by atoms with E-state index in [1.807, 2.05) is 36.4 Å². The van der Waals surface area contributed by atoms with Crippen LogP contribution in [0.3, 0.4) is 0 Å². The predicted molar refractivity (Wildman–Crippen MR) is 104 cm³/mol. The van der Waals surface area contributed by atoms with Crippen molar-refractivity contribution >= 4 is 27.5 Å². The molecule has 1 aliphatic heterocycles. The van der Waals surface area contributed by atoms with Crippen LogP contribution in [0.1, 0.15) is 24.5 Å². The zero-order valence-corrected chi connectivity index (χ0v) is 16.5. The fourth-order valence-corrected chi connectivity index (χ4v) is 3.37. The molecule has 6 heteroatoms. The van der Waals surface area contributed by atoms with E-state index in [-0.39, 0.29) is 12.0 Å². The minimum atomic E-state index is -0.113. The fraction of sp³-hybridized carbons (Fsp3) is 0.350. The highest BCUT2D eigenvalue weighted by Gasteiger charge is 2.20. The average Bonchev–Trinajstić information content (AvgIpc) is 3.12. The molecule has 1 heterocycles. The van der Waals surface area contributed by atoms with Gasteiger partial charge in [0.2, 0.25) is 5.91 Å². The number of hydrogen-bond acceptors (Lipinski definition) is 4. The van der Waals surface area contributed by atoms with Crippen LogP contribution in [0.4, 0.5) is 5.69 Å². The fourth-order valence-electron chi connectivity index (χ4n) is 2.89. The number of amides is 1. The van der Waals surface area contributed by atoms with Crippen LogP contribution in [0.15, 0.2) is 40.9 Å². The van der Waals surface area contributed by atoms with Gasteiger partial charge in [-0.15, -0.1) is 0 Å². The standard InChI is InChI=1S/C20H22BrNO4/c1-13(23)22-19-11-20(26-17-7-8-25-12-17)18(21)10-15(19)9-14-3-5-16(24-2)6-4-14/h3-6,10-11,17H,7-9,12H2,1-2H3,(H,22,23)/t17-/m1/s1. The van der Waals surface area contributed by atoms with E-state index in [9.17, 15) is 4.79 Å². The Hall–Kier alpha value is -2.05. The molecular formula is C20H22BrNO4. The molecule has 0 aliphatic carbocycles. The van der Waals surface area contributed by atoms with Crippen molar-refractivity contribution in [2.75, 3.05) is 25.6 Å².